The Kier molecular flexibility index (Phi) is 5.38. The molecule has 1 atom stereocenters. The molecule has 1 aromatic carbocycles. The van der Waals surface area contributed by atoms with Crippen LogP contribution in [-0.4, -0.2) is 36.5 Å². The number of alkyl halides is 1. The molecule has 0 aromatic heterocycles. The molecule has 1 aliphatic rings. The van der Waals surface area contributed by atoms with Gasteiger partial charge in [0.1, 0.15) is 4.16 Å². The minimum Gasteiger partial charge on any atom is -0.310 e. The lowest BCUT2D eigenvalue weighted by Gasteiger charge is -2.20. The summed E-state index contributed by atoms with van der Waals surface area (Å²) in [5.41, 5.74) is 1.15. The van der Waals surface area contributed by atoms with Gasteiger partial charge in [0.15, 0.2) is 0 Å². The first-order valence-corrected chi connectivity index (χ1v) is 8.90. The van der Waals surface area contributed by atoms with E-state index in [-0.39, 0.29) is 0 Å². The van der Waals surface area contributed by atoms with Gasteiger partial charge in [-0.05, 0) is 18.4 Å². The van der Waals surface area contributed by atoms with E-state index in [9.17, 15) is 8.42 Å². The van der Waals surface area contributed by atoms with Gasteiger partial charge in [0, 0.05) is 26.2 Å². The number of rotatable bonds is 6. The molecular formula is C13H19BrN2O2S. The van der Waals surface area contributed by atoms with Crippen LogP contribution in [0.15, 0.2) is 30.3 Å². The first kappa shape index (κ1) is 15.0. The summed E-state index contributed by atoms with van der Waals surface area (Å²) in [6, 6.07) is 9.96. The quantitative estimate of drug-likeness (QED) is 0.800. The Morgan fingerprint density at radius 1 is 1.21 bits per heavy atom. The zero-order chi connectivity index (χ0) is 13.7. The van der Waals surface area contributed by atoms with Gasteiger partial charge in [-0.3, -0.25) is 0 Å². The summed E-state index contributed by atoms with van der Waals surface area (Å²) in [5, 5.41) is 3.18. The summed E-state index contributed by atoms with van der Waals surface area (Å²) in [6.45, 7) is 2.40. The highest BCUT2D eigenvalue weighted by Gasteiger charge is 2.31. The molecule has 4 nitrogen and oxygen atoms in total. The van der Waals surface area contributed by atoms with Crippen LogP contribution in [0.2, 0.25) is 0 Å². The molecule has 1 heterocycles. The first-order chi connectivity index (χ1) is 9.10. The van der Waals surface area contributed by atoms with E-state index in [0.29, 0.717) is 26.2 Å². The summed E-state index contributed by atoms with van der Waals surface area (Å²) in [6.07, 6.45) is 1.94. The Morgan fingerprint density at radius 3 is 2.47 bits per heavy atom. The molecule has 1 aromatic rings. The van der Waals surface area contributed by atoms with Crippen molar-refractivity contribution in [3.63, 3.8) is 0 Å². The van der Waals surface area contributed by atoms with Crippen molar-refractivity contribution in [1.82, 2.24) is 9.62 Å². The molecule has 1 fully saturated rings. The number of benzene rings is 1. The maximum atomic E-state index is 12.2. The summed E-state index contributed by atoms with van der Waals surface area (Å²) in [7, 11) is -3.21. The second-order valence-electron chi connectivity index (χ2n) is 4.68. The van der Waals surface area contributed by atoms with Gasteiger partial charge >= 0.3 is 0 Å². The predicted octanol–water partition coefficient (Wildman–Crippen LogP) is 1.92. The zero-order valence-electron chi connectivity index (χ0n) is 10.8. The first-order valence-electron chi connectivity index (χ1n) is 6.48. The van der Waals surface area contributed by atoms with Crippen molar-refractivity contribution in [2.24, 2.45) is 0 Å². The van der Waals surface area contributed by atoms with Crippen molar-refractivity contribution in [2.45, 2.75) is 23.5 Å². The molecule has 0 bridgehead atoms. The average Bonchev–Trinajstić information content (AvgIpc) is 2.94. The van der Waals surface area contributed by atoms with Crippen LogP contribution in [-0.2, 0) is 16.6 Å². The highest BCUT2D eigenvalue weighted by Crippen LogP contribution is 2.19. The normalized spacial score (nSPS) is 18.6. The zero-order valence-corrected chi connectivity index (χ0v) is 13.2. The van der Waals surface area contributed by atoms with Gasteiger partial charge < -0.3 is 5.32 Å². The Bertz CT molecular complexity index is 487. The standard InChI is InChI=1S/C13H19BrN2O2S/c14-13(19(17,18)16-8-4-5-9-16)11-15-10-12-6-2-1-3-7-12/h1-3,6-7,13,15H,4-5,8-11H2. The van der Waals surface area contributed by atoms with Gasteiger partial charge in [-0.1, -0.05) is 46.3 Å². The third-order valence-electron chi connectivity index (χ3n) is 3.22. The van der Waals surface area contributed by atoms with Crippen LogP contribution in [0.25, 0.3) is 0 Å². The van der Waals surface area contributed by atoms with Crippen molar-refractivity contribution in [1.29, 1.82) is 0 Å². The molecular weight excluding hydrogens is 328 g/mol. The van der Waals surface area contributed by atoms with Crippen molar-refractivity contribution in [3.8, 4) is 0 Å². The number of nitrogens with one attached hydrogen (secondary N) is 1. The topological polar surface area (TPSA) is 49.4 Å². The lowest BCUT2D eigenvalue weighted by molar-refractivity contribution is 0.473. The summed E-state index contributed by atoms with van der Waals surface area (Å²) >= 11 is 3.29. The molecule has 0 radical (unpaired) electrons. The maximum absolute atomic E-state index is 12.2. The largest absolute Gasteiger partial charge is 0.310 e. The lowest BCUT2D eigenvalue weighted by atomic mass is 10.2. The van der Waals surface area contributed by atoms with Gasteiger partial charge in [-0.2, -0.15) is 0 Å². The number of hydrogen-bond donors (Lipinski definition) is 1. The van der Waals surface area contributed by atoms with Crippen molar-refractivity contribution in [2.75, 3.05) is 19.6 Å². The molecule has 0 spiro atoms. The van der Waals surface area contributed by atoms with Gasteiger partial charge in [0.2, 0.25) is 10.0 Å². The minimum atomic E-state index is -3.21. The molecule has 19 heavy (non-hydrogen) atoms. The van der Waals surface area contributed by atoms with Gasteiger partial charge in [-0.15, -0.1) is 0 Å². The van der Waals surface area contributed by atoms with E-state index < -0.39 is 14.2 Å². The maximum Gasteiger partial charge on any atom is 0.228 e. The van der Waals surface area contributed by atoms with Gasteiger partial charge in [0.25, 0.3) is 0 Å². The van der Waals surface area contributed by atoms with Gasteiger partial charge in [0.05, 0.1) is 0 Å². The lowest BCUT2D eigenvalue weighted by Crippen LogP contribution is -2.38. The molecule has 6 heteroatoms. The Labute approximate surface area is 123 Å². The number of halogens is 1. The van der Waals surface area contributed by atoms with E-state index in [2.05, 4.69) is 21.2 Å². The molecule has 1 aliphatic heterocycles. The Hall–Kier alpha value is -0.430. The van der Waals surface area contributed by atoms with Crippen LogP contribution in [0.5, 0.6) is 0 Å². The average molecular weight is 347 g/mol. The van der Waals surface area contributed by atoms with E-state index in [1.807, 2.05) is 30.3 Å². The second-order valence-corrected chi connectivity index (χ2v) is 8.50. The van der Waals surface area contributed by atoms with Crippen LogP contribution in [0.3, 0.4) is 0 Å². The molecule has 0 aliphatic carbocycles. The smallest absolute Gasteiger partial charge is 0.228 e. The number of nitrogens with zero attached hydrogens (tertiary/aromatic N) is 1. The fourth-order valence-electron chi connectivity index (χ4n) is 2.14. The van der Waals surface area contributed by atoms with E-state index in [1.54, 1.807) is 4.31 Å². The Balaban J connectivity index is 1.82. The van der Waals surface area contributed by atoms with E-state index in [0.717, 1.165) is 18.4 Å². The molecule has 0 amide bonds. The third-order valence-corrected chi connectivity index (χ3v) is 6.86. The van der Waals surface area contributed by atoms with Crippen molar-refractivity contribution in [3.05, 3.63) is 35.9 Å². The molecule has 2 rings (SSSR count). The van der Waals surface area contributed by atoms with Crippen LogP contribution in [0.1, 0.15) is 18.4 Å². The fourth-order valence-corrected chi connectivity index (χ4v) is 4.49. The highest BCUT2D eigenvalue weighted by molar-refractivity contribution is 9.11. The third kappa shape index (κ3) is 4.02. The highest BCUT2D eigenvalue weighted by atomic mass is 79.9. The van der Waals surface area contributed by atoms with Crippen LogP contribution in [0.4, 0.5) is 0 Å². The summed E-state index contributed by atoms with van der Waals surface area (Å²) < 4.78 is 25.5. The summed E-state index contributed by atoms with van der Waals surface area (Å²) in [5.74, 6) is 0. The number of hydrogen-bond acceptors (Lipinski definition) is 3. The van der Waals surface area contributed by atoms with Gasteiger partial charge in [-0.25, -0.2) is 12.7 Å². The Morgan fingerprint density at radius 2 is 1.84 bits per heavy atom. The van der Waals surface area contributed by atoms with E-state index in [1.165, 1.54) is 0 Å². The van der Waals surface area contributed by atoms with E-state index >= 15 is 0 Å². The van der Waals surface area contributed by atoms with Crippen LogP contribution in [0, 0.1) is 0 Å². The molecule has 1 N–H and O–H groups in total. The molecule has 1 saturated heterocycles. The monoisotopic (exact) mass is 346 g/mol. The molecule has 106 valence electrons. The van der Waals surface area contributed by atoms with Crippen LogP contribution >= 0.6 is 15.9 Å². The van der Waals surface area contributed by atoms with Crippen molar-refractivity contribution >= 4 is 26.0 Å². The van der Waals surface area contributed by atoms with E-state index in [4.69, 9.17) is 0 Å². The molecule has 0 saturated carbocycles. The molecule has 1 unspecified atom stereocenters. The summed E-state index contributed by atoms with van der Waals surface area (Å²) in [4.78, 5) is 0. The van der Waals surface area contributed by atoms with Crippen molar-refractivity contribution < 1.29 is 8.42 Å². The predicted molar refractivity (Wildman–Crippen MR) is 80.6 cm³/mol. The fraction of sp³-hybridized carbons (Fsp3) is 0.538. The SMILES string of the molecule is O=S(=O)(C(Br)CNCc1ccccc1)N1CCCC1. The van der Waals surface area contributed by atoms with Crippen LogP contribution < -0.4 is 5.32 Å². The minimum absolute atomic E-state index is 0.410. The second kappa shape index (κ2) is 6.83. The number of sulfonamides is 1.